The number of hydrogen-bond acceptors (Lipinski definition) is 2. The lowest BCUT2D eigenvalue weighted by molar-refractivity contribution is -0.274. The van der Waals surface area contributed by atoms with Crippen LogP contribution in [0.1, 0.15) is 18.4 Å². The van der Waals surface area contributed by atoms with Crippen LogP contribution in [-0.2, 0) is 11.2 Å². The first kappa shape index (κ1) is 12.7. The van der Waals surface area contributed by atoms with E-state index in [0.717, 1.165) is 0 Å². The van der Waals surface area contributed by atoms with Crippen LogP contribution in [-0.4, -0.2) is 18.3 Å². The van der Waals surface area contributed by atoms with E-state index in [1.54, 1.807) is 6.07 Å². The number of hydrogen-bond donors (Lipinski definition) is 1. The van der Waals surface area contributed by atoms with E-state index in [4.69, 9.17) is 0 Å². The highest BCUT2D eigenvalue weighted by molar-refractivity contribution is 5.78. The molecule has 6 heteroatoms. The molecule has 1 N–H and O–H groups in total. The monoisotopic (exact) mass is 259 g/mol. The number of carbonyl (C=O) groups excluding carboxylic acids is 1. The predicted octanol–water partition coefficient (Wildman–Crippen LogP) is 2.41. The number of ether oxygens (including phenoxy) is 1. The second-order valence-corrected chi connectivity index (χ2v) is 4.20. The van der Waals surface area contributed by atoms with Gasteiger partial charge in [0.15, 0.2) is 0 Å². The molecule has 0 spiro atoms. The maximum Gasteiger partial charge on any atom is 0.573 e. The number of alkyl halides is 3. The molecule has 18 heavy (non-hydrogen) atoms. The van der Waals surface area contributed by atoms with Gasteiger partial charge in [-0.1, -0.05) is 12.1 Å². The molecule has 0 bridgehead atoms. The molecule has 1 atom stereocenters. The van der Waals surface area contributed by atoms with Crippen LogP contribution in [0.25, 0.3) is 0 Å². The molecule has 1 heterocycles. The summed E-state index contributed by atoms with van der Waals surface area (Å²) in [4.78, 5) is 11.0. The lowest BCUT2D eigenvalue weighted by Gasteiger charge is -2.12. The summed E-state index contributed by atoms with van der Waals surface area (Å²) in [6.07, 6.45) is -2.98. The Morgan fingerprint density at radius 1 is 1.39 bits per heavy atom. The zero-order valence-electron chi connectivity index (χ0n) is 9.46. The molecule has 1 aromatic carbocycles. The Balaban J connectivity index is 2.01. The number of benzene rings is 1. The van der Waals surface area contributed by atoms with Gasteiger partial charge in [0.2, 0.25) is 5.91 Å². The molecule has 1 amide bonds. The Morgan fingerprint density at radius 2 is 2.17 bits per heavy atom. The molecule has 0 radical (unpaired) electrons. The lowest BCUT2D eigenvalue weighted by atomic mass is 10.0. The highest BCUT2D eigenvalue weighted by atomic mass is 19.4. The predicted molar refractivity (Wildman–Crippen MR) is 58.0 cm³/mol. The third kappa shape index (κ3) is 3.65. The van der Waals surface area contributed by atoms with Crippen LogP contribution in [0.15, 0.2) is 24.3 Å². The second kappa shape index (κ2) is 4.88. The maximum atomic E-state index is 12.0. The van der Waals surface area contributed by atoms with E-state index < -0.39 is 6.36 Å². The molecule has 0 aromatic heterocycles. The zero-order chi connectivity index (χ0) is 13.2. The van der Waals surface area contributed by atoms with Crippen LogP contribution in [0, 0.1) is 0 Å². The van der Waals surface area contributed by atoms with Crippen LogP contribution in [0.4, 0.5) is 13.2 Å². The normalized spacial score (nSPS) is 19.7. The summed E-state index contributed by atoms with van der Waals surface area (Å²) in [6.45, 7) is 0. The highest BCUT2D eigenvalue weighted by Crippen LogP contribution is 2.24. The number of nitrogens with one attached hydrogen (secondary N) is 1. The Morgan fingerprint density at radius 3 is 2.78 bits per heavy atom. The van der Waals surface area contributed by atoms with Crippen molar-refractivity contribution >= 4 is 5.91 Å². The molecule has 2 rings (SSSR count). The third-order valence-electron chi connectivity index (χ3n) is 2.70. The fourth-order valence-corrected chi connectivity index (χ4v) is 1.98. The Kier molecular flexibility index (Phi) is 3.45. The van der Waals surface area contributed by atoms with E-state index in [9.17, 15) is 18.0 Å². The molecule has 1 aliphatic heterocycles. The minimum absolute atomic E-state index is 0.00126. The first-order valence-corrected chi connectivity index (χ1v) is 5.56. The summed E-state index contributed by atoms with van der Waals surface area (Å²) in [6, 6.07) is 5.82. The maximum absolute atomic E-state index is 12.0. The smallest absolute Gasteiger partial charge is 0.406 e. The van der Waals surface area contributed by atoms with Crippen molar-refractivity contribution in [3.8, 4) is 5.75 Å². The van der Waals surface area contributed by atoms with E-state index in [2.05, 4.69) is 10.1 Å². The molecular formula is C12H12F3NO2. The van der Waals surface area contributed by atoms with Gasteiger partial charge in [0.05, 0.1) is 0 Å². The average molecular weight is 259 g/mol. The number of carbonyl (C=O) groups is 1. The summed E-state index contributed by atoms with van der Waals surface area (Å²) in [5, 5.41) is 2.77. The van der Waals surface area contributed by atoms with Crippen LogP contribution < -0.4 is 10.1 Å². The molecule has 98 valence electrons. The van der Waals surface area contributed by atoms with Crippen molar-refractivity contribution in [1.82, 2.24) is 5.32 Å². The van der Waals surface area contributed by atoms with Crippen LogP contribution >= 0.6 is 0 Å². The minimum Gasteiger partial charge on any atom is -0.406 e. The molecule has 1 fully saturated rings. The third-order valence-corrected chi connectivity index (χ3v) is 2.70. The summed E-state index contributed by atoms with van der Waals surface area (Å²) >= 11 is 0. The van der Waals surface area contributed by atoms with Crippen molar-refractivity contribution in [2.24, 2.45) is 0 Å². The molecule has 1 unspecified atom stereocenters. The SMILES string of the molecule is O=C1CCC(Cc2cccc(OC(F)(F)F)c2)N1. The van der Waals surface area contributed by atoms with Gasteiger partial charge in [0, 0.05) is 12.5 Å². The quantitative estimate of drug-likeness (QED) is 0.905. The standard InChI is InChI=1S/C12H12F3NO2/c13-12(14,15)18-10-3-1-2-8(7-10)6-9-4-5-11(17)16-9/h1-3,7,9H,4-6H2,(H,16,17). The van der Waals surface area contributed by atoms with Crippen molar-refractivity contribution in [3.05, 3.63) is 29.8 Å². The van der Waals surface area contributed by atoms with E-state index in [1.165, 1.54) is 18.2 Å². The number of amides is 1. The van der Waals surface area contributed by atoms with Crippen LogP contribution in [0.5, 0.6) is 5.75 Å². The molecular weight excluding hydrogens is 247 g/mol. The molecule has 0 aliphatic carbocycles. The Hall–Kier alpha value is -1.72. The van der Waals surface area contributed by atoms with Gasteiger partial charge in [-0.15, -0.1) is 13.2 Å². The summed E-state index contributed by atoms with van der Waals surface area (Å²) in [7, 11) is 0. The van der Waals surface area contributed by atoms with Gasteiger partial charge >= 0.3 is 6.36 Å². The van der Waals surface area contributed by atoms with Crippen molar-refractivity contribution in [2.75, 3.05) is 0 Å². The summed E-state index contributed by atoms with van der Waals surface area (Å²) < 4.78 is 40.0. The van der Waals surface area contributed by atoms with Gasteiger partial charge in [0.25, 0.3) is 0 Å². The fraction of sp³-hybridized carbons (Fsp3) is 0.417. The van der Waals surface area contributed by atoms with Crippen molar-refractivity contribution in [2.45, 2.75) is 31.7 Å². The summed E-state index contributed by atoms with van der Waals surface area (Å²) in [5.74, 6) is -0.244. The molecule has 1 saturated heterocycles. The molecule has 3 nitrogen and oxygen atoms in total. The van der Waals surface area contributed by atoms with Gasteiger partial charge in [-0.05, 0) is 30.5 Å². The topological polar surface area (TPSA) is 38.3 Å². The van der Waals surface area contributed by atoms with Gasteiger partial charge in [-0.25, -0.2) is 0 Å². The lowest BCUT2D eigenvalue weighted by Crippen LogP contribution is -2.27. The van der Waals surface area contributed by atoms with Crippen LogP contribution in [0.2, 0.25) is 0 Å². The van der Waals surface area contributed by atoms with Crippen molar-refractivity contribution in [1.29, 1.82) is 0 Å². The first-order valence-electron chi connectivity index (χ1n) is 5.56. The first-order chi connectivity index (χ1) is 8.42. The molecule has 1 aliphatic rings. The van der Waals surface area contributed by atoms with Crippen molar-refractivity contribution < 1.29 is 22.7 Å². The van der Waals surface area contributed by atoms with Gasteiger partial charge < -0.3 is 10.1 Å². The zero-order valence-corrected chi connectivity index (χ0v) is 9.46. The van der Waals surface area contributed by atoms with Gasteiger partial charge in [0.1, 0.15) is 5.75 Å². The summed E-state index contributed by atoms with van der Waals surface area (Å²) in [5.41, 5.74) is 0.712. The van der Waals surface area contributed by atoms with E-state index in [0.29, 0.717) is 24.8 Å². The van der Waals surface area contributed by atoms with E-state index in [1.807, 2.05) is 0 Å². The Bertz CT molecular complexity index is 445. The molecule has 1 aromatic rings. The van der Waals surface area contributed by atoms with Crippen LogP contribution in [0.3, 0.4) is 0 Å². The average Bonchev–Trinajstić information content (AvgIpc) is 2.62. The van der Waals surface area contributed by atoms with Gasteiger partial charge in [-0.3, -0.25) is 4.79 Å². The minimum atomic E-state index is -4.68. The largest absolute Gasteiger partial charge is 0.573 e. The number of halogens is 3. The fourth-order valence-electron chi connectivity index (χ4n) is 1.98. The molecule has 0 saturated carbocycles. The van der Waals surface area contributed by atoms with E-state index in [-0.39, 0.29) is 17.7 Å². The number of rotatable bonds is 3. The van der Waals surface area contributed by atoms with Gasteiger partial charge in [-0.2, -0.15) is 0 Å². The Labute approximate surface area is 102 Å². The van der Waals surface area contributed by atoms with E-state index >= 15 is 0 Å². The van der Waals surface area contributed by atoms with Crippen molar-refractivity contribution in [3.63, 3.8) is 0 Å². The second-order valence-electron chi connectivity index (χ2n) is 4.20. The highest BCUT2D eigenvalue weighted by Gasteiger charge is 2.31.